The normalized spacial score (nSPS) is 12.4. The van der Waals surface area contributed by atoms with E-state index < -0.39 is 0 Å². The number of aliphatic hydroxyl groups is 1. The number of nitrogens with two attached hydrogens (primary N) is 1. The van der Waals surface area contributed by atoms with Gasteiger partial charge in [-0.3, -0.25) is 4.98 Å². The maximum atomic E-state index is 9.38. The van der Waals surface area contributed by atoms with E-state index in [0.29, 0.717) is 18.8 Å². The lowest BCUT2D eigenvalue weighted by Crippen LogP contribution is -2.22. The number of nitrogens with zero attached hydrogens (tertiary/aromatic N) is 4. The number of nitrogens with one attached hydrogen (secondary N) is 1. The Hall–Kier alpha value is -2.67. The minimum atomic E-state index is 0.139. The number of unbranched alkanes of at least 4 members (excludes halogenated alkanes) is 1. The molecule has 0 fully saturated rings. The Morgan fingerprint density at radius 1 is 1.23 bits per heavy atom. The Balaban J connectivity index is 1.93. The molecule has 138 valence electrons. The summed E-state index contributed by atoms with van der Waals surface area (Å²) >= 11 is 0. The van der Waals surface area contributed by atoms with Gasteiger partial charge in [0, 0.05) is 25.0 Å². The Bertz CT molecular complexity index is 833. The van der Waals surface area contributed by atoms with Gasteiger partial charge in [-0.15, -0.1) is 0 Å². The SMILES string of the molecule is CCCCC(CCO)Nc1nc(N)nc2ccn(Cc3ccccn3)c12. The van der Waals surface area contributed by atoms with Crippen LogP contribution in [0.4, 0.5) is 11.8 Å². The summed E-state index contributed by atoms with van der Waals surface area (Å²) in [5.41, 5.74) is 8.57. The van der Waals surface area contributed by atoms with Gasteiger partial charge < -0.3 is 20.7 Å². The number of aromatic nitrogens is 4. The molecule has 0 aliphatic rings. The highest BCUT2D eigenvalue weighted by molar-refractivity contribution is 5.87. The van der Waals surface area contributed by atoms with E-state index >= 15 is 0 Å². The summed E-state index contributed by atoms with van der Waals surface area (Å²) in [5.74, 6) is 0.955. The molecule has 0 aliphatic carbocycles. The first kappa shape index (κ1) is 18.1. The monoisotopic (exact) mass is 354 g/mol. The summed E-state index contributed by atoms with van der Waals surface area (Å²) in [6, 6.07) is 7.96. The van der Waals surface area contributed by atoms with Crippen LogP contribution in [-0.2, 0) is 6.54 Å². The van der Waals surface area contributed by atoms with Crippen molar-refractivity contribution < 1.29 is 5.11 Å². The Morgan fingerprint density at radius 3 is 2.85 bits per heavy atom. The third kappa shape index (κ3) is 4.29. The van der Waals surface area contributed by atoms with Crippen LogP contribution in [0.25, 0.3) is 11.0 Å². The molecule has 0 saturated carbocycles. The minimum absolute atomic E-state index is 0.139. The molecule has 1 unspecified atom stereocenters. The van der Waals surface area contributed by atoms with Crippen LogP contribution in [0.1, 0.15) is 38.3 Å². The van der Waals surface area contributed by atoms with Crippen molar-refractivity contribution in [3.63, 3.8) is 0 Å². The Kier molecular flexibility index (Phi) is 6.01. The number of aliphatic hydroxyl groups excluding tert-OH is 1. The van der Waals surface area contributed by atoms with E-state index in [1.165, 1.54) is 0 Å². The molecule has 1 atom stereocenters. The van der Waals surface area contributed by atoms with Crippen molar-refractivity contribution >= 4 is 22.8 Å². The number of pyridine rings is 1. The van der Waals surface area contributed by atoms with Crippen LogP contribution in [0, 0.1) is 0 Å². The average Bonchev–Trinajstić information content (AvgIpc) is 3.03. The maximum Gasteiger partial charge on any atom is 0.222 e. The molecule has 4 N–H and O–H groups in total. The molecule has 0 amide bonds. The predicted molar refractivity (Wildman–Crippen MR) is 104 cm³/mol. The van der Waals surface area contributed by atoms with Crippen LogP contribution in [0.3, 0.4) is 0 Å². The highest BCUT2D eigenvalue weighted by atomic mass is 16.3. The molecule has 3 aromatic rings. The van der Waals surface area contributed by atoms with Gasteiger partial charge in [-0.25, -0.2) is 4.98 Å². The molecule has 0 aromatic carbocycles. The molecule has 3 aromatic heterocycles. The number of nitrogen functional groups attached to an aromatic ring is 1. The highest BCUT2D eigenvalue weighted by Gasteiger charge is 2.16. The molecule has 26 heavy (non-hydrogen) atoms. The number of hydrogen-bond donors (Lipinski definition) is 3. The quantitative estimate of drug-likeness (QED) is 0.546. The van der Waals surface area contributed by atoms with Gasteiger partial charge >= 0.3 is 0 Å². The molecule has 3 heterocycles. The van der Waals surface area contributed by atoms with Gasteiger partial charge in [0.1, 0.15) is 5.52 Å². The fourth-order valence-electron chi connectivity index (χ4n) is 3.11. The number of fused-ring (bicyclic) bond motifs is 1. The van der Waals surface area contributed by atoms with E-state index in [1.807, 2.05) is 30.5 Å². The van der Waals surface area contributed by atoms with Crippen molar-refractivity contribution in [3.8, 4) is 0 Å². The summed E-state index contributed by atoms with van der Waals surface area (Å²) < 4.78 is 2.08. The predicted octanol–water partition coefficient (Wildman–Crippen LogP) is 2.81. The zero-order valence-corrected chi connectivity index (χ0v) is 15.1. The highest BCUT2D eigenvalue weighted by Crippen LogP contribution is 2.25. The Labute approximate surface area is 153 Å². The zero-order valence-electron chi connectivity index (χ0n) is 15.1. The molecule has 0 radical (unpaired) electrons. The zero-order chi connectivity index (χ0) is 18.4. The van der Waals surface area contributed by atoms with Crippen LogP contribution in [0.15, 0.2) is 36.7 Å². The third-order valence-electron chi connectivity index (χ3n) is 4.41. The van der Waals surface area contributed by atoms with Gasteiger partial charge in [0.15, 0.2) is 5.82 Å². The maximum absolute atomic E-state index is 9.38. The second-order valence-electron chi connectivity index (χ2n) is 6.42. The van der Waals surface area contributed by atoms with Crippen LogP contribution < -0.4 is 11.1 Å². The fraction of sp³-hybridized carbons (Fsp3) is 0.421. The average molecular weight is 354 g/mol. The topological polar surface area (TPSA) is 102 Å². The molecule has 0 saturated heterocycles. The van der Waals surface area contributed by atoms with E-state index in [4.69, 9.17) is 5.73 Å². The van der Waals surface area contributed by atoms with Crippen LogP contribution >= 0.6 is 0 Å². The first-order chi connectivity index (χ1) is 12.7. The molecular formula is C19H26N6O. The third-order valence-corrected chi connectivity index (χ3v) is 4.41. The van der Waals surface area contributed by atoms with Gasteiger partial charge in [0.25, 0.3) is 0 Å². The van der Waals surface area contributed by atoms with Crippen molar-refractivity contribution in [2.45, 2.75) is 45.2 Å². The summed E-state index contributed by atoms with van der Waals surface area (Å²) in [6.07, 6.45) is 7.62. The van der Waals surface area contributed by atoms with Crippen molar-refractivity contribution in [1.82, 2.24) is 19.5 Å². The smallest absolute Gasteiger partial charge is 0.222 e. The van der Waals surface area contributed by atoms with E-state index in [9.17, 15) is 5.11 Å². The standard InChI is InChI=1S/C19H26N6O/c1-2-3-6-14(9-12-26)22-18-17-16(23-19(20)24-18)8-11-25(17)13-15-7-4-5-10-21-15/h4-5,7-8,10-11,14,26H,2-3,6,9,12-13H2,1H3,(H3,20,22,23,24). The Morgan fingerprint density at radius 2 is 2.12 bits per heavy atom. The van der Waals surface area contributed by atoms with Crippen LogP contribution in [0.2, 0.25) is 0 Å². The van der Waals surface area contributed by atoms with Gasteiger partial charge in [-0.2, -0.15) is 4.98 Å². The summed E-state index contributed by atoms with van der Waals surface area (Å²) in [4.78, 5) is 13.2. The van der Waals surface area contributed by atoms with Crippen molar-refractivity contribution in [2.75, 3.05) is 17.7 Å². The number of hydrogen-bond acceptors (Lipinski definition) is 6. The molecular weight excluding hydrogens is 328 g/mol. The second kappa shape index (κ2) is 8.62. The van der Waals surface area contributed by atoms with E-state index in [0.717, 1.165) is 36.0 Å². The van der Waals surface area contributed by atoms with Crippen molar-refractivity contribution in [3.05, 3.63) is 42.4 Å². The van der Waals surface area contributed by atoms with Gasteiger partial charge in [0.2, 0.25) is 5.95 Å². The number of rotatable bonds is 9. The van der Waals surface area contributed by atoms with Crippen molar-refractivity contribution in [1.29, 1.82) is 0 Å². The molecule has 3 rings (SSSR count). The van der Waals surface area contributed by atoms with E-state index in [1.54, 1.807) is 6.20 Å². The van der Waals surface area contributed by atoms with E-state index in [2.05, 4.69) is 31.8 Å². The van der Waals surface area contributed by atoms with Gasteiger partial charge in [-0.05, 0) is 31.0 Å². The summed E-state index contributed by atoms with van der Waals surface area (Å²) in [6.45, 7) is 2.93. The molecule has 0 bridgehead atoms. The fourth-order valence-corrected chi connectivity index (χ4v) is 3.11. The van der Waals surface area contributed by atoms with E-state index in [-0.39, 0.29) is 18.6 Å². The lowest BCUT2D eigenvalue weighted by Gasteiger charge is -2.19. The van der Waals surface area contributed by atoms with Gasteiger partial charge in [0.05, 0.1) is 17.8 Å². The molecule has 0 spiro atoms. The molecule has 7 nitrogen and oxygen atoms in total. The lowest BCUT2D eigenvalue weighted by molar-refractivity contribution is 0.276. The van der Waals surface area contributed by atoms with Crippen LogP contribution in [0.5, 0.6) is 0 Å². The van der Waals surface area contributed by atoms with Gasteiger partial charge in [-0.1, -0.05) is 25.8 Å². The minimum Gasteiger partial charge on any atom is -0.396 e. The van der Waals surface area contributed by atoms with Crippen LogP contribution in [-0.4, -0.2) is 37.3 Å². The molecule has 0 aliphatic heterocycles. The lowest BCUT2D eigenvalue weighted by atomic mass is 10.1. The number of anilines is 2. The van der Waals surface area contributed by atoms with Crippen molar-refractivity contribution in [2.24, 2.45) is 0 Å². The first-order valence-corrected chi connectivity index (χ1v) is 9.11. The first-order valence-electron chi connectivity index (χ1n) is 9.11. The summed E-state index contributed by atoms with van der Waals surface area (Å²) in [5, 5.41) is 12.9. The summed E-state index contributed by atoms with van der Waals surface area (Å²) in [7, 11) is 0. The molecule has 7 heteroatoms. The second-order valence-corrected chi connectivity index (χ2v) is 6.42. The largest absolute Gasteiger partial charge is 0.396 e.